The third-order valence-electron chi connectivity index (χ3n) is 4.66. The first-order valence-corrected chi connectivity index (χ1v) is 9.29. The fourth-order valence-electron chi connectivity index (χ4n) is 3.30. The van der Waals surface area contributed by atoms with E-state index in [-0.39, 0.29) is 18.2 Å². The molecule has 0 saturated heterocycles. The van der Waals surface area contributed by atoms with E-state index in [1.807, 2.05) is 31.2 Å². The van der Waals surface area contributed by atoms with Crippen LogP contribution in [-0.2, 0) is 22.5 Å². The van der Waals surface area contributed by atoms with E-state index in [2.05, 4.69) is 5.10 Å². The lowest BCUT2D eigenvalue weighted by atomic mass is 10.0. The predicted molar refractivity (Wildman–Crippen MR) is 100 cm³/mol. The quantitative estimate of drug-likeness (QED) is 0.730. The number of benzene rings is 1. The molecule has 7 nitrogen and oxygen atoms in total. The predicted octanol–water partition coefficient (Wildman–Crippen LogP) is 2.74. The van der Waals surface area contributed by atoms with Crippen molar-refractivity contribution in [1.29, 1.82) is 0 Å². The van der Waals surface area contributed by atoms with Crippen LogP contribution in [0.25, 0.3) is 5.69 Å². The number of ether oxygens (including phenoxy) is 2. The SMILES string of the molecule is CCCC(=O)N1CCc2c(c(C(=O)OCC)nn2-c2ccc(OC)cc2)C1. The summed E-state index contributed by atoms with van der Waals surface area (Å²) < 4.78 is 12.2. The lowest BCUT2D eigenvalue weighted by Crippen LogP contribution is -2.36. The maximum atomic E-state index is 12.4. The second kappa shape index (κ2) is 8.24. The van der Waals surface area contributed by atoms with E-state index in [1.54, 1.807) is 23.6 Å². The molecular formula is C20H25N3O4. The van der Waals surface area contributed by atoms with Gasteiger partial charge in [-0.3, -0.25) is 4.79 Å². The highest BCUT2D eigenvalue weighted by molar-refractivity contribution is 5.89. The van der Waals surface area contributed by atoms with E-state index in [0.717, 1.165) is 29.1 Å². The van der Waals surface area contributed by atoms with Gasteiger partial charge in [0.25, 0.3) is 0 Å². The van der Waals surface area contributed by atoms with E-state index in [4.69, 9.17) is 9.47 Å². The minimum Gasteiger partial charge on any atom is -0.497 e. The van der Waals surface area contributed by atoms with Crippen LogP contribution < -0.4 is 4.74 Å². The number of carbonyl (C=O) groups is 2. The Labute approximate surface area is 158 Å². The number of aromatic nitrogens is 2. The van der Waals surface area contributed by atoms with Gasteiger partial charge in [0.05, 0.1) is 25.1 Å². The molecular weight excluding hydrogens is 346 g/mol. The highest BCUT2D eigenvalue weighted by atomic mass is 16.5. The first-order chi connectivity index (χ1) is 13.1. The number of methoxy groups -OCH3 is 1. The molecule has 0 atom stereocenters. The highest BCUT2D eigenvalue weighted by Gasteiger charge is 2.30. The number of nitrogens with zero attached hydrogens (tertiary/aromatic N) is 3. The van der Waals surface area contributed by atoms with Crippen LogP contribution in [-0.4, -0.2) is 46.8 Å². The maximum absolute atomic E-state index is 12.4. The molecule has 7 heteroatoms. The number of amides is 1. The van der Waals surface area contributed by atoms with Crippen molar-refractivity contribution in [2.24, 2.45) is 0 Å². The standard InChI is InChI=1S/C20H25N3O4/c1-4-6-18(24)22-12-11-17-16(13-22)19(20(25)27-5-2)21-23(17)14-7-9-15(26-3)10-8-14/h7-10H,4-6,11-13H2,1-3H3. The molecule has 1 amide bonds. The Morgan fingerprint density at radius 3 is 2.56 bits per heavy atom. The van der Waals surface area contributed by atoms with Gasteiger partial charge in [0, 0.05) is 31.5 Å². The summed E-state index contributed by atoms with van der Waals surface area (Å²) in [6.45, 7) is 5.04. The van der Waals surface area contributed by atoms with Crippen LogP contribution in [0.2, 0.25) is 0 Å². The lowest BCUT2D eigenvalue weighted by Gasteiger charge is -2.27. The van der Waals surface area contributed by atoms with Crippen molar-refractivity contribution in [3.63, 3.8) is 0 Å². The number of hydrogen-bond acceptors (Lipinski definition) is 5. The van der Waals surface area contributed by atoms with Crippen molar-refractivity contribution in [1.82, 2.24) is 14.7 Å². The largest absolute Gasteiger partial charge is 0.497 e. The van der Waals surface area contributed by atoms with Crippen LogP contribution >= 0.6 is 0 Å². The molecule has 0 spiro atoms. The smallest absolute Gasteiger partial charge is 0.359 e. The van der Waals surface area contributed by atoms with Gasteiger partial charge in [-0.1, -0.05) is 6.92 Å². The van der Waals surface area contributed by atoms with Gasteiger partial charge in [-0.15, -0.1) is 0 Å². The van der Waals surface area contributed by atoms with Crippen molar-refractivity contribution < 1.29 is 19.1 Å². The summed E-state index contributed by atoms with van der Waals surface area (Å²) >= 11 is 0. The Bertz CT molecular complexity index is 826. The molecule has 0 aliphatic carbocycles. The molecule has 0 bridgehead atoms. The van der Waals surface area contributed by atoms with Crippen LogP contribution in [0, 0.1) is 0 Å². The van der Waals surface area contributed by atoms with Gasteiger partial charge in [0.1, 0.15) is 5.75 Å². The molecule has 1 aliphatic rings. The maximum Gasteiger partial charge on any atom is 0.359 e. The van der Waals surface area contributed by atoms with Crippen LogP contribution in [0.5, 0.6) is 5.75 Å². The number of hydrogen-bond donors (Lipinski definition) is 0. The molecule has 2 aromatic rings. The minimum atomic E-state index is -0.453. The zero-order valence-corrected chi connectivity index (χ0v) is 16.0. The normalized spacial score (nSPS) is 13.2. The van der Waals surface area contributed by atoms with Crippen LogP contribution in [0.1, 0.15) is 48.4 Å². The zero-order chi connectivity index (χ0) is 19.4. The molecule has 0 saturated carbocycles. The minimum absolute atomic E-state index is 0.107. The third kappa shape index (κ3) is 3.82. The molecule has 0 unspecified atom stereocenters. The zero-order valence-electron chi connectivity index (χ0n) is 16.0. The monoisotopic (exact) mass is 371 g/mol. The van der Waals surface area contributed by atoms with Crippen molar-refractivity contribution in [3.05, 3.63) is 41.2 Å². The molecule has 144 valence electrons. The molecule has 1 aliphatic heterocycles. The Morgan fingerprint density at radius 2 is 1.93 bits per heavy atom. The third-order valence-corrected chi connectivity index (χ3v) is 4.66. The molecule has 27 heavy (non-hydrogen) atoms. The topological polar surface area (TPSA) is 73.7 Å². The molecule has 1 aromatic heterocycles. The number of esters is 1. The molecule has 0 fully saturated rings. The molecule has 2 heterocycles. The second-order valence-corrected chi connectivity index (χ2v) is 6.42. The van der Waals surface area contributed by atoms with Crippen molar-refractivity contribution in [2.45, 2.75) is 39.7 Å². The Hall–Kier alpha value is -2.83. The number of rotatable bonds is 6. The second-order valence-electron chi connectivity index (χ2n) is 6.42. The molecule has 0 radical (unpaired) electrons. The lowest BCUT2D eigenvalue weighted by molar-refractivity contribution is -0.132. The Kier molecular flexibility index (Phi) is 5.78. The van der Waals surface area contributed by atoms with Gasteiger partial charge in [0.15, 0.2) is 5.69 Å². The van der Waals surface area contributed by atoms with Gasteiger partial charge in [-0.05, 0) is 37.6 Å². The summed E-state index contributed by atoms with van der Waals surface area (Å²) in [6, 6.07) is 7.51. The van der Waals surface area contributed by atoms with Crippen LogP contribution in [0.15, 0.2) is 24.3 Å². The van der Waals surface area contributed by atoms with E-state index in [1.165, 1.54) is 0 Å². The summed E-state index contributed by atoms with van der Waals surface area (Å²) in [7, 11) is 1.62. The average molecular weight is 371 g/mol. The Morgan fingerprint density at radius 1 is 1.19 bits per heavy atom. The fraction of sp³-hybridized carbons (Fsp3) is 0.450. The molecule has 3 rings (SSSR count). The van der Waals surface area contributed by atoms with Gasteiger partial charge < -0.3 is 14.4 Å². The summed E-state index contributed by atoms with van der Waals surface area (Å²) in [4.78, 5) is 26.6. The van der Waals surface area contributed by atoms with Crippen molar-refractivity contribution in [2.75, 3.05) is 20.3 Å². The number of carbonyl (C=O) groups excluding carboxylic acids is 2. The summed E-state index contributed by atoms with van der Waals surface area (Å²) in [6.07, 6.45) is 1.96. The summed E-state index contributed by atoms with van der Waals surface area (Å²) in [5.74, 6) is 0.405. The first kappa shape index (κ1) is 18.9. The van der Waals surface area contributed by atoms with Crippen LogP contribution in [0.4, 0.5) is 0 Å². The first-order valence-electron chi connectivity index (χ1n) is 9.29. The van der Waals surface area contributed by atoms with Gasteiger partial charge in [-0.25, -0.2) is 9.48 Å². The van der Waals surface area contributed by atoms with Crippen molar-refractivity contribution in [3.8, 4) is 11.4 Å². The Balaban J connectivity index is 2.00. The summed E-state index contributed by atoms with van der Waals surface area (Å²) in [5.41, 5.74) is 2.86. The number of fused-ring (bicyclic) bond motifs is 1. The van der Waals surface area contributed by atoms with Crippen LogP contribution in [0.3, 0.4) is 0 Å². The molecule has 0 N–H and O–H groups in total. The van der Waals surface area contributed by atoms with Crippen molar-refractivity contribution >= 4 is 11.9 Å². The van der Waals surface area contributed by atoms with Gasteiger partial charge in [-0.2, -0.15) is 5.10 Å². The van der Waals surface area contributed by atoms with Gasteiger partial charge in [0.2, 0.25) is 5.91 Å². The van der Waals surface area contributed by atoms with E-state index >= 15 is 0 Å². The highest BCUT2D eigenvalue weighted by Crippen LogP contribution is 2.27. The van der Waals surface area contributed by atoms with Gasteiger partial charge >= 0.3 is 5.97 Å². The fourth-order valence-corrected chi connectivity index (χ4v) is 3.30. The van der Waals surface area contributed by atoms with E-state index in [0.29, 0.717) is 25.9 Å². The molecule has 1 aromatic carbocycles. The van der Waals surface area contributed by atoms with E-state index < -0.39 is 5.97 Å². The average Bonchev–Trinajstić information content (AvgIpc) is 3.07. The van der Waals surface area contributed by atoms with E-state index in [9.17, 15) is 9.59 Å². The summed E-state index contributed by atoms with van der Waals surface area (Å²) in [5, 5.41) is 4.54.